The number of nitrogens with one attached hydrogen (secondary N) is 6. The number of para-hydroxylation sites is 1. The topological polar surface area (TPSA) is 325 Å². The summed E-state index contributed by atoms with van der Waals surface area (Å²) in [6.45, 7) is 0.106. The zero-order valence-electron chi connectivity index (χ0n) is 37.9. The fraction of sp³-hybridized carbons (Fsp3) is 0.447. The van der Waals surface area contributed by atoms with Gasteiger partial charge in [0.15, 0.2) is 0 Å². The normalized spacial score (nSPS) is 26.2. The predicted molar refractivity (Wildman–Crippen MR) is 248 cm³/mol. The van der Waals surface area contributed by atoms with Gasteiger partial charge in [-0.1, -0.05) is 72.0 Å². The maximum atomic E-state index is 14.8. The molecule has 69 heavy (non-hydrogen) atoms. The zero-order chi connectivity index (χ0) is 48.3. The number of H-pyrrole nitrogens is 1. The molecule has 0 radical (unpaired) electrons. The van der Waals surface area contributed by atoms with Crippen LogP contribution in [0.5, 0.6) is 0 Å². The van der Waals surface area contributed by atoms with E-state index in [-0.39, 0.29) is 61.3 Å². The molecule has 2 aliphatic heterocycles. The van der Waals surface area contributed by atoms with E-state index in [0.29, 0.717) is 36.9 Å². The standard InChI is InChI=1S/C42H53N13O8.C5H6.Fe/c43-27-17-35(57)46-14-6-5-11-29(37(45)58)48-39(60)30(15-24-19-47-28-10-4-3-9-26(24)28)50-41(62)33-16-25(55-21-32(52-53-55)22-7-1-2-8-22)20-54(33)42(63)36(23-12-13-23)51-40(61)31(18-34(44)56)49-38(27)59;1-2-4-5-3-1;/h1-4,7-10,19,21-23,25,27,29-31,33,36,47H,5-6,11-18,20,43H2,(H2,44,56)(H2,45,58)(H,46,57)(H,48,60)(H,49,59)(H,50,62)(H,51,61);1-4H,5H2;/q;;+2/t25-,27-,29-,30-,31-,33-,36-;;/m0../s1. The van der Waals surface area contributed by atoms with Crippen molar-refractivity contribution in [1.82, 2.24) is 51.5 Å². The Labute approximate surface area is 408 Å². The average molecular weight is 990 g/mol. The summed E-state index contributed by atoms with van der Waals surface area (Å²) < 4.78 is 1.60. The van der Waals surface area contributed by atoms with Crippen LogP contribution in [0, 0.1) is 5.92 Å². The summed E-state index contributed by atoms with van der Waals surface area (Å²) in [5, 5.41) is 22.9. The monoisotopic (exact) mass is 989 g/mol. The van der Waals surface area contributed by atoms with Gasteiger partial charge in [0.1, 0.15) is 30.2 Å². The molecular weight excluding hydrogens is 930 g/mol. The Bertz CT molecular complexity index is 2490. The van der Waals surface area contributed by atoms with E-state index in [1.54, 1.807) is 17.1 Å². The van der Waals surface area contributed by atoms with E-state index in [2.05, 4.69) is 66.2 Å². The SMILES string of the molecule is C1=CCC=C1.NC(=O)C[C@@H]1NC(=O)[C@@H](N)CC(=O)NCCCC[C@@H](C(N)=O)NC(=O)[C@H](Cc2c[nH]c3ccccc23)NC(=O)[C@@H]2C[C@H](n3cc(C4C=CC=C4)nn3)CN2C(=O)[C@H](C2CC2)NC1=O.[Fe+2]. The molecule has 22 heteroatoms. The molecular formula is C47H59FeN13O8+2. The van der Waals surface area contributed by atoms with Gasteiger partial charge in [-0.15, -0.1) is 5.10 Å². The van der Waals surface area contributed by atoms with Crippen LogP contribution in [0.25, 0.3) is 10.9 Å². The maximum Gasteiger partial charge on any atom is 2.00 e. The molecule has 12 N–H and O–H groups in total. The smallest absolute Gasteiger partial charge is 0.370 e. The number of rotatable bonds is 8. The number of nitrogens with zero attached hydrogens (tertiary/aromatic N) is 4. The van der Waals surface area contributed by atoms with Crippen molar-refractivity contribution in [2.45, 2.75) is 112 Å². The first-order valence-corrected chi connectivity index (χ1v) is 23.0. The van der Waals surface area contributed by atoms with E-state index in [4.69, 9.17) is 17.2 Å². The molecule has 2 aromatic heterocycles. The molecule has 8 amide bonds. The molecule has 21 nitrogen and oxygen atoms in total. The molecule has 0 bridgehead atoms. The number of allylic oxidation sites excluding steroid dienone is 8. The van der Waals surface area contributed by atoms with Crippen LogP contribution in [-0.4, -0.2) is 121 Å². The van der Waals surface area contributed by atoms with E-state index < -0.39 is 102 Å². The number of carbonyl (C=O) groups excluding carboxylic acids is 8. The van der Waals surface area contributed by atoms with Crippen LogP contribution in [0.3, 0.4) is 0 Å². The van der Waals surface area contributed by atoms with Crippen LogP contribution in [0.2, 0.25) is 0 Å². The first-order chi connectivity index (χ1) is 32.7. The van der Waals surface area contributed by atoms with Crippen molar-refractivity contribution in [1.29, 1.82) is 0 Å². The Morgan fingerprint density at radius 3 is 2.20 bits per heavy atom. The largest absolute Gasteiger partial charge is 2.00 e. The molecule has 1 saturated carbocycles. The Balaban J connectivity index is 0.00000122. The molecule has 3 fully saturated rings. The Morgan fingerprint density at radius 1 is 0.812 bits per heavy atom. The number of hydrogen-bond donors (Lipinski definition) is 9. The van der Waals surface area contributed by atoms with Crippen molar-refractivity contribution in [2.75, 3.05) is 13.1 Å². The van der Waals surface area contributed by atoms with Crippen molar-refractivity contribution in [3.63, 3.8) is 0 Å². The van der Waals surface area contributed by atoms with Gasteiger partial charge in [-0.25, -0.2) is 4.68 Å². The summed E-state index contributed by atoms with van der Waals surface area (Å²) in [4.78, 5) is 113. The third kappa shape index (κ3) is 13.6. The minimum Gasteiger partial charge on any atom is -0.370 e. The minimum absolute atomic E-state index is 0. The first-order valence-electron chi connectivity index (χ1n) is 23.0. The molecule has 3 aliphatic carbocycles. The third-order valence-corrected chi connectivity index (χ3v) is 12.6. The van der Waals surface area contributed by atoms with Crippen molar-refractivity contribution in [3.05, 3.63) is 96.5 Å². The Hall–Kier alpha value is -6.90. The number of nitrogens with two attached hydrogens (primary N) is 3. The van der Waals surface area contributed by atoms with Gasteiger partial charge in [-0.05, 0) is 56.1 Å². The number of aromatic nitrogens is 4. The summed E-state index contributed by atoms with van der Waals surface area (Å²) in [6, 6.07) is -0.850. The van der Waals surface area contributed by atoms with E-state index in [0.717, 1.165) is 17.3 Å². The molecule has 3 aromatic rings. The summed E-state index contributed by atoms with van der Waals surface area (Å²) in [5.41, 5.74) is 19.4. The number of primary amides is 2. The molecule has 1 aromatic carbocycles. The summed E-state index contributed by atoms with van der Waals surface area (Å²) >= 11 is 0. The van der Waals surface area contributed by atoms with Crippen LogP contribution >= 0.6 is 0 Å². The van der Waals surface area contributed by atoms with Gasteiger partial charge in [-0.3, -0.25) is 38.4 Å². The third-order valence-electron chi connectivity index (χ3n) is 12.6. The van der Waals surface area contributed by atoms with Crippen LogP contribution in [0.15, 0.2) is 85.3 Å². The van der Waals surface area contributed by atoms with Gasteiger partial charge in [0.2, 0.25) is 47.3 Å². The number of carbonyl (C=O) groups is 8. The number of fused-ring (bicyclic) bond motifs is 2. The molecule has 0 spiro atoms. The van der Waals surface area contributed by atoms with Gasteiger partial charge in [-0.2, -0.15) is 0 Å². The van der Waals surface area contributed by atoms with Gasteiger partial charge in [0, 0.05) is 55.1 Å². The summed E-state index contributed by atoms with van der Waals surface area (Å²) in [7, 11) is 0. The van der Waals surface area contributed by atoms with E-state index >= 15 is 0 Å². The molecule has 7 atom stereocenters. The van der Waals surface area contributed by atoms with Crippen LogP contribution < -0.4 is 43.8 Å². The van der Waals surface area contributed by atoms with Crippen molar-refractivity contribution in [2.24, 2.45) is 23.1 Å². The summed E-state index contributed by atoms with van der Waals surface area (Å²) in [6.07, 6.45) is 21.5. The Morgan fingerprint density at radius 2 is 1.52 bits per heavy atom. The molecule has 366 valence electrons. The number of hydrogen-bond acceptors (Lipinski definition) is 11. The van der Waals surface area contributed by atoms with Crippen molar-refractivity contribution < 1.29 is 55.4 Å². The Kier molecular flexibility index (Phi) is 17.8. The van der Waals surface area contributed by atoms with Gasteiger partial charge >= 0.3 is 17.1 Å². The van der Waals surface area contributed by atoms with Crippen LogP contribution in [0.1, 0.15) is 81.0 Å². The first kappa shape index (κ1) is 51.5. The molecule has 2 saturated heterocycles. The molecule has 0 unspecified atom stereocenters. The van der Waals surface area contributed by atoms with Crippen LogP contribution in [0.4, 0.5) is 0 Å². The predicted octanol–water partition coefficient (Wildman–Crippen LogP) is -0.419. The number of benzene rings is 1. The fourth-order valence-electron chi connectivity index (χ4n) is 8.69. The second-order valence-corrected chi connectivity index (χ2v) is 17.7. The van der Waals surface area contributed by atoms with Crippen molar-refractivity contribution >= 4 is 58.2 Å². The number of aromatic amines is 1. The number of amides is 8. The zero-order valence-corrected chi connectivity index (χ0v) is 39.0. The molecule has 5 aliphatic rings. The van der Waals surface area contributed by atoms with Crippen molar-refractivity contribution in [3.8, 4) is 0 Å². The van der Waals surface area contributed by atoms with E-state index in [9.17, 15) is 38.4 Å². The molecule has 8 rings (SSSR count). The molecule has 4 heterocycles. The van der Waals surface area contributed by atoms with E-state index in [1.807, 2.05) is 48.6 Å². The maximum absolute atomic E-state index is 14.8. The average Bonchev–Trinajstić information content (AvgIpc) is 3.99. The van der Waals surface area contributed by atoms with E-state index in [1.165, 1.54) is 4.90 Å². The quantitative estimate of drug-likeness (QED) is 0.131. The van der Waals surface area contributed by atoms with Gasteiger partial charge in [0.05, 0.1) is 30.6 Å². The fourth-order valence-corrected chi connectivity index (χ4v) is 8.69. The second-order valence-electron chi connectivity index (χ2n) is 17.7. The second kappa shape index (κ2) is 23.9. The van der Waals surface area contributed by atoms with Crippen LogP contribution in [-0.2, 0) is 61.8 Å². The van der Waals surface area contributed by atoms with Gasteiger partial charge in [0.25, 0.3) is 0 Å². The summed E-state index contributed by atoms with van der Waals surface area (Å²) in [5.74, 6) is -6.53. The van der Waals surface area contributed by atoms with Gasteiger partial charge < -0.3 is 53.7 Å². The minimum atomic E-state index is -1.54.